The summed E-state index contributed by atoms with van der Waals surface area (Å²) >= 11 is 6.06. The molecule has 4 rings (SSSR count). The molecule has 0 spiro atoms. The lowest BCUT2D eigenvalue weighted by Crippen LogP contribution is -2.41. The minimum atomic E-state index is -0.743. The molecule has 29 heavy (non-hydrogen) atoms. The van der Waals surface area contributed by atoms with Gasteiger partial charge in [0.2, 0.25) is 6.79 Å². The van der Waals surface area contributed by atoms with Crippen molar-refractivity contribution in [2.75, 3.05) is 6.79 Å². The third-order valence-electron chi connectivity index (χ3n) is 4.21. The van der Waals surface area contributed by atoms with Gasteiger partial charge < -0.3 is 14.0 Å². The molecule has 0 aliphatic carbocycles. The van der Waals surface area contributed by atoms with E-state index >= 15 is 0 Å². The number of aryl methyl sites for hydroxylation is 1. The molecule has 0 bridgehead atoms. The molecule has 8 nitrogen and oxygen atoms in total. The highest BCUT2D eigenvalue weighted by molar-refractivity contribution is 6.33. The van der Waals surface area contributed by atoms with Crippen LogP contribution in [0.2, 0.25) is 5.02 Å². The average Bonchev–Trinajstić information content (AvgIpc) is 3.31. The molecule has 0 saturated heterocycles. The summed E-state index contributed by atoms with van der Waals surface area (Å²) in [6, 6.07) is 8.67. The second-order valence-electron chi connectivity index (χ2n) is 6.04. The Labute approximate surface area is 168 Å². The zero-order valence-electron chi connectivity index (χ0n) is 14.9. The minimum absolute atomic E-state index is 0.0528. The molecule has 0 atom stereocenters. The largest absolute Gasteiger partial charge is 0.454 e. The Morgan fingerprint density at radius 2 is 1.86 bits per heavy atom. The summed E-state index contributed by atoms with van der Waals surface area (Å²) in [6.07, 6.45) is 0. The number of ether oxygens (including phenoxy) is 2. The molecule has 10 heteroatoms. The number of hydrazine groups is 1. The Kier molecular flexibility index (Phi) is 4.81. The highest BCUT2D eigenvalue weighted by Crippen LogP contribution is 2.34. The fourth-order valence-corrected chi connectivity index (χ4v) is 3.07. The van der Waals surface area contributed by atoms with E-state index in [0.717, 1.165) is 0 Å². The third-order valence-corrected chi connectivity index (χ3v) is 4.53. The summed E-state index contributed by atoms with van der Waals surface area (Å²) < 4.78 is 29.7. The molecule has 2 heterocycles. The van der Waals surface area contributed by atoms with Gasteiger partial charge >= 0.3 is 0 Å². The molecule has 1 aromatic heterocycles. The lowest BCUT2D eigenvalue weighted by atomic mass is 10.1. The fraction of sp³-hybridized carbons (Fsp3) is 0.105. The monoisotopic (exact) mass is 417 g/mol. The molecule has 1 aliphatic rings. The smallest absolute Gasteiger partial charge is 0.275 e. The van der Waals surface area contributed by atoms with Gasteiger partial charge in [0.1, 0.15) is 22.8 Å². The van der Waals surface area contributed by atoms with Gasteiger partial charge in [-0.05, 0) is 37.3 Å². The van der Waals surface area contributed by atoms with Crippen molar-refractivity contribution in [2.24, 2.45) is 0 Å². The van der Waals surface area contributed by atoms with Crippen LogP contribution in [0.3, 0.4) is 0 Å². The van der Waals surface area contributed by atoms with E-state index in [4.69, 9.17) is 25.6 Å². The Bertz CT molecular complexity index is 1110. The molecule has 2 N–H and O–H groups in total. The van der Waals surface area contributed by atoms with Gasteiger partial charge in [0.15, 0.2) is 11.5 Å². The summed E-state index contributed by atoms with van der Waals surface area (Å²) in [4.78, 5) is 25.0. The van der Waals surface area contributed by atoms with Crippen molar-refractivity contribution in [3.05, 3.63) is 64.1 Å². The van der Waals surface area contributed by atoms with Crippen LogP contribution < -0.4 is 20.3 Å². The van der Waals surface area contributed by atoms with Crippen molar-refractivity contribution in [1.29, 1.82) is 0 Å². The van der Waals surface area contributed by atoms with Gasteiger partial charge in [0.25, 0.3) is 11.8 Å². The number of halogens is 2. The maximum absolute atomic E-state index is 14.2. The number of hydrogen-bond acceptors (Lipinski definition) is 6. The molecule has 2 aromatic carbocycles. The average molecular weight is 418 g/mol. The number of amides is 2. The fourth-order valence-electron chi connectivity index (χ4n) is 2.82. The maximum atomic E-state index is 14.2. The quantitative estimate of drug-likeness (QED) is 0.634. The molecular formula is C19H13ClFN3O5. The van der Waals surface area contributed by atoms with Crippen LogP contribution in [0.1, 0.15) is 26.5 Å². The van der Waals surface area contributed by atoms with E-state index < -0.39 is 17.6 Å². The van der Waals surface area contributed by atoms with Crippen molar-refractivity contribution in [3.63, 3.8) is 0 Å². The summed E-state index contributed by atoms with van der Waals surface area (Å²) in [5, 5.41) is 3.82. The number of nitrogens with one attached hydrogen (secondary N) is 2. The first-order chi connectivity index (χ1) is 14.0. The number of aromatic nitrogens is 1. The van der Waals surface area contributed by atoms with Crippen LogP contribution in [-0.4, -0.2) is 23.8 Å². The van der Waals surface area contributed by atoms with Crippen molar-refractivity contribution in [2.45, 2.75) is 6.92 Å². The molecule has 0 unspecified atom stereocenters. The second kappa shape index (κ2) is 7.44. The Hall–Kier alpha value is -3.59. The van der Waals surface area contributed by atoms with E-state index in [1.165, 1.54) is 37.3 Å². The predicted octanol–water partition coefficient (Wildman–Crippen LogP) is 3.25. The number of carbonyl (C=O) groups excluding carboxylic acids is 2. The van der Waals surface area contributed by atoms with Gasteiger partial charge in [-0.3, -0.25) is 20.4 Å². The van der Waals surface area contributed by atoms with E-state index in [2.05, 4.69) is 16.0 Å². The van der Waals surface area contributed by atoms with Crippen LogP contribution in [0.4, 0.5) is 4.39 Å². The Morgan fingerprint density at radius 1 is 1.10 bits per heavy atom. The van der Waals surface area contributed by atoms with Gasteiger partial charge in [-0.2, -0.15) is 0 Å². The number of fused-ring (bicyclic) bond motifs is 1. The summed E-state index contributed by atoms with van der Waals surface area (Å²) in [6.45, 7) is 1.56. The number of carbonyl (C=O) groups is 2. The van der Waals surface area contributed by atoms with Crippen molar-refractivity contribution < 1.29 is 28.0 Å². The molecule has 0 saturated carbocycles. The first-order valence-electron chi connectivity index (χ1n) is 8.36. The highest BCUT2D eigenvalue weighted by Gasteiger charge is 2.26. The van der Waals surface area contributed by atoms with E-state index in [1.807, 2.05) is 0 Å². The molecule has 148 valence electrons. The molecule has 0 radical (unpaired) electrons. The van der Waals surface area contributed by atoms with Gasteiger partial charge in [-0.1, -0.05) is 22.8 Å². The normalized spacial score (nSPS) is 12.0. The van der Waals surface area contributed by atoms with E-state index in [1.54, 1.807) is 6.07 Å². The van der Waals surface area contributed by atoms with Crippen LogP contribution in [0.15, 0.2) is 40.9 Å². The van der Waals surface area contributed by atoms with Gasteiger partial charge in [0, 0.05) is 5.56 Å². The van der Waals surface area contributed by atoms with Crippen LogP contribution in [0, 0.1) is 12.7 Å². The Morgan fingerprint density at radius 3 is 2.66 bits per heavy atom. The number of nitrogens with zero attached hydrogens (tertiary/aromatic N) is 1. The lowest BCUT2D eigenvalue weighted by Gasteiger charge is -2.09. The number of rotatable bonds is 3. The zero-order valence-corrected chi connectivity index (χ0v) is 15.7. The van der Waals surface area contributed by atoms with Gasteiger partial charge in [-0.25, -0.2) is 4.39 Å². The SMILES string of the molecule is Cc1onc(-c2c(F)cccc2Cl)c1C(=O)NNC(=O)c1ccc2c(c1)OCO2. The standard InChI is InChI=1S/C19H13ClFN3O5/c1-9-15(17(24-29-9)16-11(20)3-2-4-12(16)21)19(26)23-22-18(25)10-5-6-13-14(7-10)28-8-27-13/h2-7H,8H2,1H3,(H,22,25)(H,23,26). The minimum Gasteiger partial charge on any atom is -0.454 e. The molecule has 0 fully saturated rings. The topological polar surface area (TPSA) is 103 Å². The first kappa shape index (κ1) is 18.8. The van der Waals surface area contributed by atoms with E-state index in [-0.39, 0.29) is 40.0 Å². The zero-order chi connectivity index (χ0) is 20.5. The number of benzene rings is 2. The first-order valence-corrected chi connectivity index (χ1v) is 8.74. The highest BCUT2D eigenvalue weighted by atomic mass is 35.5. The molecule has 3 aromatic rings. The summed E-state index contributed by atoms with van der Waals surface area (Å²) in [7, 11) is 0. The van der Waals surface area contributed by atoms with E-state index in [0.29, 0.717) is 11.5 Å². The van der Waals surface area contributed by atoms with Gasteiger partial charge in [-0.15, -0.1) is 0 Å². The van der Waals surface area contributed by atoms with Crippen molar-refractivity contribution in [3.8, 4) is 22.8 Å². The number of hydrogen-bond donors (Lipinski definition) is 2. The third kappa shape index (κ3) is 3.47. The van der Waals surface area contributed by atoms with Crippen molar-refractivity contribution in [1.82, 2.24) is 16.0 Å². The Balaban J connectivity index is 1.54. The van der Waals surface area contributed by atoms with Crippen LogP contribution in [-0.2, 0) is 0 Å². The molecule has 2 amide bonds. The lowest BCUT2D eigenvalue weighted by molar-refractivity contribution is 0.0846. The summed E-state index contributed by atoms with van der Waals surface area (Å²) in [5.74, 6) is -0.908. The predicted molar refractivity (Wildman–Crippen MR) is 99.1 cm³/mol. The van der Waals surface area contributed by atoms with E-state index in [9.17, 15) is 14.0 Å². The van der Waals surface area contributed by atoms with Crippen molar-refractivity contribution >= 4 is 23.4 Å². The molecule has 1 aliphatic heterocycles. The summed E-state index contributed by atoms with van der Waals surface area (Å²) in [5.41, 5.74) is 4.60. The van der Waals surface area contributed by atoms with Crippen LogP contribution >= 0.6 is 11.6 Å². The second-order valence-corrected chi connectivity index (χ2v) is 6.44. The van der Waals surface area contributed by atoms with Crippen LogP contribution in [0.25, 0.3) is 11.3 Å². The maximum Gasteiger partial charge on any atom is 0.275 e. The van der Waals surface area contributed by atoms with Crippen LogP contribution in [0.5, 0.6) is 11.5 Å². The van der Waals surface area contributed by atoms with Gasteiger partial charge in [0.05, 0.1) is 10.6 Å². The molecular weight excluding hydrogens is 405 g/mol.